The van der Waals surface area contributed by atoms with Gasteiger partial charge in [-0.1, -0.05) is 133 Å². The Labute approximate surface area is 501 Å². The summed E-state index contributed by atoms with van der Waals surface area (Å²) >= 11 is 0. The lowest BCUT2D eigenvalue weighted by molar-refractivity contribution is 0.672. The van der Waals surface area contributed by atoms with E-state index >= 15 is 0 Å². The van der Waals surface area contributed by atoms with Gasteiger partial charge in [-0.2, -0.15) is 10.5 Å². The summed E-state index contributed by atoms with van der Waals surface area (Å²) in [7, 11) is 0. The van der Waals surface area contributed by atoms with Crippen molar-refractivity contribution in [1.29, 1.82) is 10.5 Å². The van der Waals surface area contributed by atoms with E-state index in [0.29, 0.717) is 5.69 Å². The van der Waals surface area contributed by atoms with Crippen LogP contribution in [0, 0.1) is 22.7 Å². The Morgan fingerprint density at radius 1 is 0.273 bits per heavy atom. The highest BCUT2D eigenvalue weighted by atomic mass is 16.3. The molecule has 0 fully saturated rings. The van der Waals surface area contributed by atoms with Gasteiger partial charge in [0, 0.05) is 65.2 Å². The first-order chi connectivity index (χ1) is 43.6. The number of para-hydroxylation sites is 6. The summed E-state index contributed by atoms with van der Waals surface area (Å²) in [6.07, 6.45) is 0. The maximum Gasteiger partial charge on any atom is 0.145 e. The molecule has 0 aliphatic rings. The lowest BCUT2D eigenvalue weighted by Crippen LogP contribution is -2.07. The second-order valence-electron chi connectivity index (χ2n) is 22.9. The predicted octanol–water partition coefficient (Wildman–Crippen LogP) is 21.0. The smallest absolute Gasteiger partial charge is 0.145 e. The SMILES string of the molecule is N#Cc1ccc(-n2c3ccc(-c4ccc5c(c4)c4ccccc4n5-c4ccccc4)cc3c3c4oc5ccccc5c4ccc32)c(-n2c3ccc(-c4ccc5c(c4)c4ccccc4n5-c4ccccc4)cc3c3c4oc5ccccc5c4ccc32)c1C#N. The molecule has 406 valence electrons. The molecule has 6 heterocycles. The first kappa shape index (κ1) is 48.1. The van der Waals surface area contributed by atoms with Gasteiger partial charge in [-0.15, -0.1) is 0 Å². The second kappa shape index (κ2) is 18.1. The third-order valence-corrected chi connectivity index (χ3v) is 18.4. The van der Waals surface area contributed by atoms with Crippen molar-refractivity contribution >= 4 is 131 Å². The van der Waals surface area contributed by atoms with E-state index in [0.717, 1.165) is 160 Å². The van der Waals surface area contributed by atoms with Gasteiger partial charge in [-0.25, -0.2) is 0 Å². The van der Waals surface area contributed by atoms with Gasteiger partial charge >= 0.3 is 0 Å². The second-order valence-corrected chi connectivity index (χ2v) is 22.9. The minimum atomic E-state index is 0.257. The van der Waals surface area contributed by atoms with Crippen LogP contribution in [0.5, 0.6) is 0 Å². The summed E-state index contributed by atoms with van der Waals surface area (Å²) in [6.45, 7) is 0. The minimum absolute atomic E-state index is 0.257. The van der Waals surface area contributed by atoms with Crippen LogP contribution in [0.2, 0.25) is 0 Å². The first-order valence-corrected chi connectivity index (χ1v) is 29.5. The van der Waals surface area contributed by atoms with Gasteiger partial charge in [0.1, 0.15) is 34.5 Å². The predicted molar refractivity (Wildman–Crippen MR) is 359 cm³/mol. The lowest BCUT2D eigenvalue weighted by Gasteiger charge is -2.19. The van der Waals surface area contributed by atoms with Crippen molar-refractivity contribution in [2.45, 2.75) is 0 Å². The van der Waals surface area contributed by atoms with Gasteiger partial charge in [0.15, 0.2) is 0 Å². The van der Waals surface area contributed by atoms with E-state index in [1.54, 1.807) is 6.07 Å². The van der Waals surface area contributed by atoms with Crippen molar-refractivity contribution in [3.8, 4) is 57.1 Å². The normalized spacial score (nSPS) is 12.1. The maximum absolute atomic E-state index is 11.6. The number of benzene rings is 13. The van der Waals surface area contributed by atoms with E-state index in [1.807, 2.05) is 36.4 Å². The molecule has 19 rings (SSSR count). The first-order valence-electron chi connectivity index (χ1n) is 29.5. The largest absolute Gasteiger partial charge is 0.455 e. The molecule has 0 saturated carbocycles. The van der Waals surface area contributed by atoms with Crippen LogP contribution >= 0.6 is 0 Å². The van der Waals surface area contributed by atoms with Crippen molar-refractivity contribution in [2.75, 3.05) is 0 Å². The zero-order valence-electron chi connectivity index (χ0n) is 46.9. The highest BCUT2D eigenvalue weighted by molar-refractivity contribution is 6.27. The minimum Gasteiger partial charge on any atom is -0.455 e. The van der Waals surface area contributed by atoms with E-state index in [2.05, 4.69) is 255 Å². The van der Waals surface area contributed by atoms with Crippen molar-refractivity contribution in [3.05, 3.63) is 278 Å². The van der Waals surface area contributed by atoms with E-state index < -0.39 is 0 Å². The molecule has 0 atom stereocenters. The monoisotopic (exact) mass is 1120 g/mol. The van der Waals surface area contributed by atoms with Gasteiger partial charge in [-0.05, 0) is 156 Å². The Bertz CT molecular complexity index is 6330. The average Bonchev–Trinajstić information content (AvgIpc) is 1.63. The molecular formula is C80H44N6O2. The molecule has 0 aliphatic heterocycles. The van der Waals surface area contributed by atoms with Crippen molar-refractivity contribution in [2.24, 2.45) is 0 Å². The van der Waals surface area contributed by atoms with Crippen molar-refractivity contribution in [1.82, 2.24) is 18.3 Å². The van der Waals surface area contributed by atoms with Crippen LogP contribution in [-0.4, -0.2) is 18.3 Å². The average molecular weight is 1120 g/mol. The van der Waals surface area contributed by atoms with Crippen molar-refractivity contribution in [3.63, 3.8) is 0 Å². The molecule has 0 aliphatic carbocycles. The molecular weight excluding hydrogens is 1080 g/mol. The molecule has 0 N–H and O–H groups in total. The summed E-state index contributed by atoms with van der Waals surface area (Å²) in [5, 5.41) is 35.2. The summed E-state index contributed by atoms with van der Waals surface area (Å²) in [5.74, 6) is 0. The van der Waals surface area contributed by atoms with Gasteiger partial charge in [0.2, 0.25) is 0 Å². The third kappa shape index (κ3) is 6.60. The Morgan fingerprint density at radius 3 is 1.14 bits per heavy atom. The number of fused-ring (bicyclic) bond motifs is 20. The van der Waals surface area contributed by atoms with Crippen LogP contribution in [0.15, 0.2) is 276 Å². The molecule has 88 heavy (non-hydrogen) atoms. The fraction of sp³-hybridized carbons (Fsp3) is 0. The molecule has 6 aromatic heterocycles. The zero-order chi connectivity index (χ0) is 57.9. The zero-order valence-corrected chi connectivity index (χ0v) is 46.9. The van der Waals surface area contributed by atoms with E-state index in [1.165, 1.54) is 10.8 Å². The quantitative estimate of drug-likeness (QED) is 0.166. The topological polar surface area (TPSA) is 93.6 Å². The van der Waals surface area contributed by atoms with E-state index in [4.69, 9.17) is 8.83 Å². The molecule has 13 aromatic carbocycles. The fourth-order valence-corrected chi connectivity index (χ4v) is 14.6. The lowest BCUT2D eigenvalue weighted by atomic mass is 10.00. The fourth-order valence-electron chi connectivity index (χ4n) is 14.6. The Hall–Kier alpha value is -12.4. The van der Waals surface area contributed by atoms with Crippen LogP contribution < -0.4 is 0 Å². The van der Waals surface area contributed by atoms with E-state index in [-0.39, 0.29) is 11.1 Å². The van der Waals surface area contributed by atoms with Crippen LogP contribution in [0.1, 0.15) is 11.1 Å². The highest BCUT2D eigenvalue weighted by Gasteiger charge is 2.28. The number of rotatable bonds is 6. The highest BCUT2D eigenvalue weighted by Crippen LogP contribution is 2.48. The molecule has 8 nitrogen and oxygen atoms in total. The number of hydrogen-bond donors (Lipinski definition) is 0. The van der Waals surface area contributed by atoms with Crippen LogP contribution in [0.25, 0.3) is 176 Å². The third-order valence-electron chi connectivity index (χ3n) is 18.4. The van der Waals surface area contributed by atoms with Crippen LogP contribution in [-0.2, 0) is 0 Å². The summed E-state index contributed by atoms with van der Waals surface area (Å²) < 4.78 is 23.1. The molecule has 0 spiro atoms. The number of furan rings is 2. The number of nitrogens with zero attached hydrogens (tertiary/aromatic N) is 6. The van der Waals surface area contributed by atoms with Gasteiger partial charge in [0.25, 0.3) is 0 Å². The molecule has 0 bridgehead atoms. The summed E-state index contributed by atoms with van der Waals surface area (Å²) in [5.41, 5.74) is 19.4. The summed E-state index contributed by atoms with van der Waals surface area (Å²) in [6, 6.07) is 99.0. The number of aromatic nitrogens is 4. The van der Waals surface area contributed by atoms with Crippen LogP contribution in [0.3, 0.4) is 0 Å². The van der Waals surface area contributed by atoms with Gasteiger partial charge in [0.05, 0.1) is 77.4 Å². The van der Waals surface area contributed by atoms with Gasteiger partial charge in [-0.3, -0.25) is 0 Å². The molecule has 0 unspecified atom stereocenters. The molecule has 19 aromatic rings. The van der Waals surface area contributed by atoms with Crippen molar-refractivity contribution < 1.29 is 8.83 Å². The number of nitriles is 2. The molecule has 8 heteroatoms. The van der Waals surface area contributed by atoms with Crippen LogP contribution in [0.4, 0.5) is 0 Å². The Balaban J connectivity index is 0.879. The Kier molecular flexibility index (Phi) is 9.87. The molecule has 0 saturated heterocycles. The molecule has 0 amide bonds. The summed E-state index contributed by atoms with van der Waals surface area (Å²) in [4.78, 5) is 0. The number of hydrogen-bond acceptors (Lipinski definition) is 4. The molecule has 0 radical (unpaired) electrons. The van der Waals surface area contributed by atoms with E-state index in [9.17, 15) is 10.5 Å². The standard InChI is InChI=1S/C80H44N6O2/c81-45-51-31-38-73(85-69-36-29-49(43-62(69)76-71(85)39-32-58-56-21-9-13-25-74(56)87-79(58)76)47-27-34-67-60(41-47)54-19-7-11-23-65(54)83(67)52-15-3-1-4-16-52)78(64(51)46-82)86-70-37-30-50(44-63(70)77-72(86)40-33-59-57-22-10-14-26-75(57)88-80(59)77)48-28-35-68-61(42-48)55-20-8-12-24-66(55)84(68)53-17-5-2-6-18-53/h1-44H. The maximum atomic E-state index is 11.6. The van der Waals surface area contributed by atoms with Gasteiger partial charge < -0.3 is 27.1 Å². The Morgan fingerprint density at radius 2 is 0.659 bits per heavy atom.